The number of halogens is 1. The molecule has 0 aliphatic carbocycles. The van der Waals surface area contributed by atoms with Crippen LogP contribution in [-0.4, -0.2) is 37.2 Å². The zero-order valence-electron chi connectivity index (χ0n) is 9.41. The number of hydrogen-bond donors (Lipinski definition) is 1. The average Bonchev–Trinajstić information content (AvgIpc) is 2.88. The Morgan fingerprint density at radius 1 is 1.69 bits per heavy atom. The Morgan fingerprint density at radius 3 is 3.00 bits per heavy atom. The highest BCUT2D eigenvalue weighted by Gasteiger charge is 2.37. The van der Waals surface area contributed by atoms with Crippen molar-refractivity contribution in [1.29, 1.82) is 0 Å². The standard InChI is InChI=1S/C11H17BrN2OS/c1-14(5-10-4-9(12)6-16-10)11(7-13)2-3-15-8-11/h4,6H,2-3,5,7-8,13H2,1H3. The van der Waals surface area contributed by atoms with Crippen LogP contribution >= 0.6 is 27.3 Å². The predicted octanol–water partition coefficient (Wildman–Crippen LogP) is 2.06. The molecule has 1 atom stereocenters. The smallest absolute Gasteiger partial charge is 0.0663 e. The molecule has 1 aliphatic rings. The van der Waals surface area contributed by atoms with Gasteiger partial charge < -0.3 is 10.5 Å². The molecule has 2 rings (SSSR count). The maximum atomic E-state index is 5.90. The third kappa shape index (κ3) is 2.49. The van der Waals surface area contributed by atoms with Gasteiger partial charge in [-0.15, -0.1) is 11.3 Å². The molecule has 1 aliphatic heterocycles. The van der Waals surface area contributed by atoms with Gasteiger partial charge in [0.2, 0.25) is 0 Å². The van der Waals surface area contributed by atoms with E-state index >= 15 is 0 Å². The number of nitrogens with zero attached hydrogens (tertiary/aromatic N) is 1. The van der Waals surface area contributed by atoms with Crippen LogP contribution in [0.2, 0.25) is 0 Å². The lowest BCUT2D eigenvalue weighted by Crippen LogP contribution is -2.52. The zero-order chi connectivity index (χ0) is 11.6. The first-order valence-electron chi connectivity index (χ1n) is 5.38. The molecule has 2 N–H and O–H groups in total. The van der Waals surface area contributed by atoms with Crippen molar-refractivity contribution >= 4 is 27.3 Å². The summed E-state index contributed by atoms with van der Waals surface area (Å²) in [5.74, 6) is 0. The Morgan fingerprint density at radius 2 is 2.50 bits per heavy atom. The summed E-state index contributed by atoms with van der Waals surface area (Å²) in [6.07, 6.45) is 1.03. The topological polar surface area (TPSA) is 38.5 Å². The molecule has 90 valence electrons. The van der Waals surface area contributed by atoms with Gasteiger partial charge >= 0.3 is 0 Å². The predicted molar refractivity (Wildman–Crippen MR) is 70.7 cm³/mol. The molecule has 1 aromatic rings. The van der Waals surface area contributed by atoms with E-state index in [1.54, 1.807) is 11.3 Å². The van der Waals surface area contributed by atoms with Crippen LogP contribution in [0.15, 0.2) is 15.9 Å². The molecule has 1 aromatic heterocycles. The van der Waals surface area contributed by atoms with Gasteiger partial charge in [-0.25, -0.2) is 0 Å². The Bertz CT molecular complexity index is 350. The van der Waals surface area contributed by atoms with E-state index in [9.17, 15) is 0 Å². The lowest BCUT2D eigenvalue weighted by atomic mass is 9.97. The van der Waals surface area contributed by atoms with Gasteiger partial charge in [0.25, 0.3) is 0 Å². The number of ether oxygens (including phenoxy) is 1. The number of rotatable bonds is 4. The Labute approximate surface area is 109 Å². The summed E-state index contributed by atoms with van der Waals surface area (Å²) in [5, 5.41) is 2.11. The normalized spacial score (nSPS) is 25.5. The van der Waals surface area contributed by atoms with Crippen molar-refractivity contribution < 1.29 is 4.74 Å². The summed E-state index contributed by atoms with van der Waals surface area (Å²) in [7, 11) is 2.13. The third-order valence-electron chi connectivity index (χ3n) is 3.29. The Kier molecular flexibility index (Phi) is 4.02. The van der Waals surface area contributed by atoms with Crippen LogP contribution in [0.5, 0.6) is 0 Å². The van der Waals surface area contributed by atoms with Crippen LogP contribution in [-0.2, 0) is 11.3 Å². The number of hydrogen-bond acceptors (Lipinski definition) is 4. The van der Waals surface area contributed by atoms with Gasteiger partial charge in [-0.3, -0.25) is 4.90 Å². The third-order valence-corrected chi connectivity index (χ3v) is 4.97. The maximum absolute atomic E-state index is 5.90. The van der Waals surface area contributed by atoms with Crippen molar-refractivity contribution in [3.05, 3.63) is 20.8 Å². The largest absolute Gasteiger partial charge is 0.379 e. The fraction of sp³-hybridized carbons (Fsp3) is 0.636. The Balaban J connectivity index is 2.03. The minimum absolute atomic E-state index is 0.0382. The second-order valence-electron chi connectivity index (χ2n) is 4.32. The molecule has 1 unspecified atom stereocenters. The lowest BCUT2D eigenvalue weighted by Gasteiger charge is -2.36. The highest BCUT2D eigenvalue weighted by atomic mass is 79.9. The van der Waals surface area contributed by atoms with Gasteiger partial charge in [0.05, 0.1) is 12.1 Å². The maximum Gasteiger partial charge on any atom is 0.0663 e. The van der Waals surface area contributed by atoms with Crippen molar-refractivity contribution in [3.63, 3.8) is 0 Å². The summed E-state index contributed by atoms with van der Waals surface area (Å²) in [6, 6.07) is 2.17. The SMILES string of the molecule is CN(Cc1cc(Br)cs1)C1(CN)CCOC1. The van der Waals surface area contributed by atoms with Crippen molar-refractivity contribution in [3.8, 4) is 0 Å². The first kappa shape index (κ1) is 12.5. The van der Waals surface area contributed by atoms with E-state index in [0.717, 1.165) is 30.7 Å². The number of nitrogens with two attached hydrogens (primary N) is 1. The minimum atomic E-state index is 0.0382. The van der Waals surface area contributed by atoms with Gasteiger partial charge in [0.1, 0.15) is 0 Å². The molecular weight excluding hydrogens is 288 g/mol. The number of thiophene rings is 1. The average molecular weight is 305 g/mol. The van der Waals surface area contributed by atoms with Crippen LogP contribution in [0.1, 0.15) is 11.3 Å². The van der Waals surface area contributed by atoms with Crippen molar-refractivity contribution in [2.45, 2.75) is 18.5 Å². The minimum Gasteiger partial charge on any atom is -0.379 e. The van der Waals surface area contributed by atoms with Crippen LogP contribution in [0.4, 0.5) is 0 Å². The van der Waals surface area contributed by atoms with Crippen molar-refractivity contribution in [2.75, 3.05) is 26.8 Å². The van der Waals surface area contributed by atoms with Gasteiger partial charge in [0.15, 0.2) is 0 Å². The molecule has 16 heavy (non-hydrogen) atoms. The summed E-state index contributed by atoms with van der Waals surface area (Å²) in [6.45, 7) is 3.19. The molecule has 1 saturated heterocycles. The van der Waals surface area contributed by atoms with Crippen LogP contribution in [0.25, 0.3) is 0 Å². The molecule has 0 aromatic carbocycles. The molecule has 0 saturated carbocycles. The first-order valence-corrected chi connectivity index (χ1v) is 7.05. The van der Waals surface area contributed by atoms with Crippen molar-refractivity contribution in [2.24, 2.45) is 5.73 Å². The van der Waals surface area contributed by atoms with Gasteiger partial charge in [0, 0.05) is 34.4 Å². The molecule has 5 heteroatoms. The van der Waals surface area contributed by atoms with E-state index in [1.165, 1.54) is 4.88 Å². The van der Waals surface area contributed by atoms with Crippen molar-refractivity contribution in [1.82, 2.24) is 4.90 Å². The van der Waals surface area contributed by atoms with Gasteiger partial charge in [-0.05, 0) is 35.5 Å². The first-order chi connectivity index (χ1) is 7.66. The molecule has 0 radical (unpaired) electrons. The molecule has 0 bridgehead atoms. The summed E-state index contributed by atoms with van der Waals surface area (Å²) >= 11 is 5.25. The second-order valence-corrected chi connectivity index (χ2v) is 6.23. The summed E-state index contributed by atoms with van der Waals surface area (Å²) in [4.78, 5) is 3.69. The molecular formula is C11H17BrN2OS. The number of likely N-dealkylation sites (N-methyl/N-ethyl adjacent to an activating group) is 1. The van der Waals surface area contributed by atoms with E-state index in [4.69, 9.17) is 10.5 Å². The fourth-order valence-corrected chi connectivity index (χ4v) is 3.56. The highest BCUT2D eigenvalue weighted by Crippen LogP contribution is 2.28. The molecule has 0 amide bonds. The fourth-order valence-electron chi connectivity index (χ4n) is 2.05. The van der Waals surface area contributed by atoms with Crippen LogP contribution in [0, 0.1) is 0 Å². The molecule has 3 nitrogen and oxygen atoms in total. The molecule has 2 heterocycles. The van der Waals surface area contributed by atoms with E-state index in [2.05, 4.69) is 39.3 Å². The zero-order valence-corrected chi connectivity index (χ0v) is 11.8. The second kappa shape index (κ2) is 5.14. The monoisotopic (exact) mass is 304 g/mol. The van der Waals surface area contributed by atoms with Gasteiger partial charge in [-0.2, -0.15) is 0 Å². The Hall–Kier alpha value is 0.0600. The van der Waals surface area contributed by atoms with E-state index in [1.807, 2.05) is 0 Å². The molecule has 1 fully saturated rings. The van der Waals surface area contributed by atoms with E-state index < -0.39 is 0 Å². The van der Waals surface area contributed by atoms with E-state index in [-0.39, 0.29) is 5.54 Å². The lowest BCUT2D eigenvalue weighted by molar-refractivity contribution is 0.0890. The summed E-state index contributed by atoms with van der Waals surface area (Å²) in [5.41, 5.74) is 5.94. The summed E-state index contributed by atoms with van der Waals surface area (Å²) < 4.78 is 6.65. The molecule has 0 spiro atoms. The van der Waals surface area contributed by atoms with Crippen LogP contribution in [0.3, 0.4) is 0 Å². The van der Waals surface area contributed by atoms with Gasteiger partial charge in [-0.1, -0.05) is 0 Å². The van der Waals surface area contributed by atoms with Crippen LogP contribution < -0.4 is 5.73 Å². The quantitative estimate of drug-likeness (QED) is 0.925. The highest BCUT2D eigenvalue weighted by molar-refractivity contribution is 9.10. The van der Waals surface area contributed by atoms with E-state index in [0.29, 0.717) is 6.54 Å².